The van der Waals surface area contributed by atoms with E-state index in [2.05, 4.69) is 24.2 Å². The lowest BCUT2D eigenvalue weighted by Crippen LogP contribution is -2.33. The fourth-order valence-corrected chi connectivity index (χ4v) is 1.57. The van der Waals surface area contributed by atoms with E-state index < -0.39 is 11.9 Å². The van der Waals surface area contributed by atoms with Crippen LogP contribution in [0.4, 0.5) is 4.39 Å². The summed E-state index contributed by atoms with van der Waals surface area (Å²) in [4.78, 5) is 4.01. The summed E-state index contributed by atoms with van der Waals surface area (Å²) >= 11 is 0. The predicted octanol–water partition coefficient (Wildman–Crippen LogP) is 1.81. The van der Waals surface area contributed by atoms with Gasteiger partial charge in [-0.2, -0.15) is 0 Å². The Morgan fingerprint density at radius 2 is 2.11 bits per heavy atom. The second-order valence-corrected chi connectivity index (χ2v) is 4.87. The van der Waals surface area contributed by atoms with Gasteiger partial charge < -0.3 is 16.2 Å². The van der Waals surface area contributed by atoms with Crippen molar-refractivity contribution in [1.29, 1.82) is 0 Å². The Morgan fingerprint density at radius 3 is 2.74 bits per heavy atom. The van der Waals surface area contributed by atoms with Gasteiger partial charge in [0, 0.05) is 12.1 Å². The van der Waals surface area contributed by atoms with Crippen molar-refractivity contribution in [2.45, 2.75) is 26.4 Å². The second kappa shape index (κ2) is 7.74. The Morgan fingerprint density at radius 1 is 1.42 bits per heavy atom. The highest BCUT2D eigenvalue weighted by Gasteiger charge is 2.11. The van der Waals surface area contributed by atoms with Gasteiger partial charge in [-0.25, -0.2) is 4.39 Å². The molecule has 0 spiro atoms. The number of hydrogen-bond acceptors (Lipinski definition) is 2. The maximum Gasteiger partial charge on any atom is 0.188 e. The van der Waals surface area contributed by atoms with E-state index in [1.54, 1.807) is 12.1 Å². The lowest BCUT2D eigenvalue weighted by atomic mass is 10.1. The zero-order valence-corrected chi connectivity index (χ0v) is 11.4. The molecule has 0 unspecified atom stereocenters. The number of hydrogen-bond donors (Lipinski definition) is 3. The van der Waals surface area contributed by atoms with Gasteiger partial charge in [-0.15, -0.1) is 0 Å². The van der Waals surface area contributed by atoms with Gasteiger partial charge in [0.1, 0.15) is 11.9 Å². The van der Waals surface area contributed by atoms with Gasteiger partial charge in [0.25, 0.3) is 0 Å². The number of aliphatic hydroxyl groups is 1. The molecular weight excluding hydrogens is 245 g/mol. The molecule has 0 aliphatic heterocycles. The van der Waals surface area contributed by atoms with E-state index in [4.69, 9.17) is 5.73 Å². The van der Waals surface area contributed by atoms with Crippen LogP contribution >= 0.6 is 0 Å². The molecule has 0 radical (unpaired) electrons. The normalized spacial score (nSPS) is 13.6. The van der Waals surface area contributed by atoms with E-state index in [9.17, 15) is 9.50 Å². The molecule has 0 fully saturated rings. The van der Waals surface area contributed by atoms with Gasteiger partial charge >= 0.3 is 0 Å². The van der Waals surface area contributed by atoms with Crippen LogP contribution in [0.25, 0.3) is 0 Å². The molecule has 19 heavy (non-hydrogen) atoms. The number of halogens is 1. The maximum atomic E-state index is 13.4. The smallest absolute Gasteiger partial charge is 0.188 e. The molecule has 1 atom stereocenters. The quantitative estimate of drug-likeness (QED) is 0.544. The topological polar surface area (TPSA) is 70.6 Å². The van der Waals surface area contributed by atoms with E-state index in [0.29, 0.717) is 5.92 Å². The van der Waals surface area contributed by atoms with E-state index in [0.717, 1.165) is 13.0 Å². The predicted molar refractivity (Wildman–Crippen MR) is 75.3 cm³/mol. The van der Waals surface area contributed by atoms with Crippen molar-refractivity contribution in [2.24, 2.45) is 16.6 Å². The average Bonchev–Trinajstić information content (AvgIpc) is 2.36. The molecule has 0 bridgehead atoms. The number of aliphatic hydroxyl groups excluding tert-OH is 1. The Bertz CT molecular complexity index is 421. The highest BCUT2D eigenvalue weighted by Crippen LogP contribution is 2.16. The standard InChI is InChI=1S/C14H22FN3O/c1-10(2)7-8-17-14(16)18-9-13(19)11-5-3-4-6-12(11)15/h3-6,10,13,19H,7-9H2,1-2H3,(H3,16,17,18)/t13-/m0/s1. The van der Waals surface area contributed by atoms with Crippen molar-refractivity contribution >= 4 is 5.96 Å². The third kappa shape index (κ3) is 5.70. The number of guanidine groups is 1. The number of nitrogens with zero attached hydrogens (tertiary/aromatic N) is 1. The summed E-state index contributed by atoms with van der Waals surface area (Å²) in [6, 6.07) is 6.11. The lowest BCUT2D eigenvalue weighted by molar-refractivity contribution is 0.182. The van der Waals surface area contributed by atoms with Crippen LogP contribution in [-0.2, 0) is 0 Å². The number of nitrogens with two attached hydrogens (primary N) is 1. The van der Waals surface area contributed by atoms with Gasteiger partial charge in [-0.3, -0.25) is 4.99 Å². The minimum absolute atomic E-state index is 0.0431. The molecule has 0 saturated carbocycles. The summed E-state index contributed by atoms with van der Waals surface area (Å²) in [7, 11) is 0. The zero-order valence-electron chi connectivity index (χ0n) is 11.4. The van der Waals surface area contributed by atoms with Crippen LogP contribution in [0.5, 0.6) is 0 Å². The molecule has 1 aromatic rings. The van der Waals surface area contributed by atoms with Crippen LogP contribution in [0.1, 0.15) is 31.9 Å². The lowest BCUT2D eigenvalue weighted by Gasteiger charge is -2.11. The molecule has 4 N–H and O–H groups in total. The molecule has 1 rings (SSSR count). The Hall–Kier alpha value is -1.62. The number of nitrogens with one attached hydrogen (secondary N) is 1. The van der Waals surface area contributed by atoms with Crippen LogP contribution in [0, 0.1) is 11.7 Å². The highest BCUT2D eigenvalue weighted by atomic mass is 19.1. The van der Waals surface area contributed by atoms with Crippen molar-refractivity contribution < 1.29 is 9.50 Å². The fraction of sp³-hybridized carbons (Fsp3) is 0.500. The highest BCUT2D eigenvalue weighted by molar-refractivity contribution is 5.77. The SMILES string of the molecule is CC(C)CCNC(N)=NC[C@H](O)c1ccccc1F. The molecule has 106 valence electrons. The molecule has 5 heteroatoms. The first-order chi connectivity index (χ1) is 9.00. The Labute approximate surface area is 113 Å². The molecule has 0 saturated heterocycles. The molecular formula is C14H22FN3O. The van der Waals surface area contributed by atoms with Crippen molar-refractivity contribution in [3.63, 3.8) is 0 Å². The fourth-order valence-electron chi connectivity index (χ4n) is 1.57. The van der Waals surface area contributed by atoms with Crippen molar-refractivity contribution in [1.82, 2.24) is 5.32 Å². The minimum atomic E-state index is -0.980. The summed E-state index contributed by atoms with van der Waals surface area (Å²) in [6.45, 7) is 5.03. The van der Waals surface area contributed by atoms with Gasteiger partial charge in [0.2, 0.25) is 0 Å². The molecule has 0 aromatic heterocycles. The van der Waals surface area contributed by atoms with Crippen molar-refractivity contribution in [2.75, 3.05) is 13.1 Å². The van der Waals surface area contributed by atoms with Crippen molar-refractivity contribution in [3.05, 3.63) is 35.6 Å². The molecule has 4 nitrogen and oxygen atoms in total. The number of aliphatic imine (C=N–C) groups is 1. The summed E-state index contributed by atoms with van der Waals surface area (Å²) in [5.74, 6) is 0.428. The zero-order chi connectivity index (χ0) is 14.3. The number of benzene rings is 1. The first kappa shape index (κ1) is 15.4. The van der Waals surface area contributed by atoms with Gasteiger partial charge in [0.15, 0.2) is 5.96 Å². The van der Waals surface area contributed by atoms with Gasteiger partial charge in [-0.05, 0) is 18.4 Å². The van der Waals surface area contributed by atoms with E-state index >= 15 is 0 Å². The Kier molecular flexibility index (Phi) is 6.29. The first-order valence-electron chi connectivity index (χ1n) is 6.47. The molecule has 0 aliphatic rings. The summed E-state index contributed by atoms with van der Waals surface area (Å²) in [6.07, 6.45) is 0.0122. The molecule has 1 aromatic carbocycles. The van der Waals surface area contributed by atoms with E-state index in [1.807, 2.05) is 0 Å². The minimum Gasteiger partial charge on any atom is -0.386 e. The monoisotopic (exact) mass is 267 g/mol. The second-order valence-electron chi connectivity index (χ2n) is 4.87. The summed E-state index contributed by atoms with van der Waals surface area (Å²) in [5, 5.41) is 12.8. The van der Waals surface area contributed by atoms with E-state index in [1.165, 1.54) is 12.1 Å². The van der Waals surface area contributed by atoms with Crippen LogP contribution in [0.15, 0.2) is 29.3 Å². The third-order valence-corrected chi connectivity index (χ3v) is 2.73. The first-order valence-corrected chi connectivity index (χ1v) is 6.47. The molecule has 0 amide bonds. The van der Waals surface area contributed by atoms with Crippen LogP contribution in [-0.4, -0.2) is 24.2 Å². The Balaban J connectivity index is 2.44. The van der Waals surface area contributed by atoms with E-state index in [-0.39, 0.29) is 18.1 Å². The van der Waals surface area contributed by atoms with Gasteiger partial charge in [-0.1, -0.05) is 32.0 Å². The van der Waals surface area contributed by atoms with Crippen LogP contribution in [0.3, 0.4) is 0 Å². The van der Waals surface area contributed by atoms with Gasteiger partial charge in [0.05, 0.1) is 6.54 Å². The summed E-state index contributed by atoms with van der Waals surface area (Å²) < 4.78 is 13.4. The maximum absolute atomic E-state index is 13.4. The number of rotatable bonds is 6. The third-order valence-electron chi connectivity index (χ3n) is 2.73. The summed E-state index contributed by atoms with van der Waals surface area (Å²) in [5.41, 5.74) is 5.90. The molecule has 0 heterocycles. The van der Waals surface area contributed by atoms with Crippen LogP contribution in [0.2, 0.25) is 0 Å². The molecule has 0 aliphatic carbocycles. The average molecular weight is 267 g/mol. The van der Waals surface area contributed by atoms with Crippen molar-refractivity contribution in [3.8, 4) is 0 Å². The largest absolute Gasteiger partial charge is 0.386 e. The van der Waals surface area contributed by atoms with Crippen LogP contribution < -0.4 is 11.1 Å².